The second-order valence-electron chi connectivity index (χ2n) is 5.31. The molecule has 1 fully saturated rings. The van der Waals surface area contributed by atoms with Crippen LogP contribution in [0.25, 0.3) is 0 Å². The Morgan fingerprint density at radius 1 is 1.36 bits per heavy atom. The van der Waals surface area contributed by atoms with Crippen LogP contribution in [0.5, 0.6) is 0 Å². The number of hydrogen-bond donors (Lipinski definition) is 0. The average molecular weight is 206 g/mol. The molecule has 1 aliphatic rings. The second kappa shape index (κ2) is 4.13. The third kappa shape index (κ3) is 2.44. The summed E-state index contributed by atoms with van der Waals surface area (Å²) in [6.07, 6.45) is -1.48. The van der Waals surface area contributed by atoms with Crippen LogP contribution in [0.2, 0.25) is 0 Å². The maximum Gasteiger partial charge on any atom is 0.116 e. The molecule has 0 saturated carbocycles. The zero-order valence-electron chi connectivity index (χ0n) is 9.39. The number of ether oxygens (including phenoxy) is 1. The molecular formula is C11H20F2O. The highest BCUT2D eigenvalue weighted by Crippen LogP contribution is 2.37. The van der Waals surface area contributed by atoms with E-state index in [4.69, 9.17) is 4.74 Å². The van der Waals surface area contributed by atoms with Gasteiger partial charge < -0.3 is 4.74 Å². The molecule has 0 spiro atoms. The molecule has 1 saturated heterocycles. The molecule has 0 aliphatic carbocycles. The molecular weight excluding hydrogens is 186 g/mol. The van der Waals surface area contributed by atoms with Crippen LogP contribution in [0.15, 0.2) is 0 Å². The molecule has 84 valence electrons. The highest BCUT2D eigenvalue weighted by atomic mass is 19.1. The summed E-state index contributed by atoms with van der Waals surface area (Å²) in [6.45, 7) is 7.26. The number of rotatable bonds is 1. The van der Waals surface area contributed by atoms with Gasteiger partial charge in [0.1, 0.15) is 12.8 Å². The van der Waals surface area contributed by atoms with Crippen LogP contribution >= 0.6 is 0 Å². The van der Waals surface area contributed by atoms with Crippen molar-refractivity contribution in [2.24, 2.45) is 11.3 Å². The Hall–Kier alpha value is -0.180. The molecule has 3 heteroatoms. The Balaban J connectivity index is 2.73. The van der Waals surface area contributed by atoms with Crippen LogP contribution in [0.3, 0.4) is 0 Å². The maximum absolute atomic E-state index is 13.5. The van der Waals surface area contributed by atoms with Crippen molar-refractivity contribution < 1.29 is 13.5 Å². The Labute approximate surface area is 84.8 Å². The predicted octanol–water partition coefficient (Wildman–Crippen LogP) is 3.13. The molecule has 0 aromatic heterocycles. The van der Waals surface area contributed by atoms with Crippen LogP contribution in [-0.4, -0.2) is 25.1 Å². The zero-order valence-corrected chi connectivity index (χ0v) is 9.39. The summed E-state index contributed by atoms with van der Waals surface area (Å²) in [5.74, 6) is -0.141. The highest BCUT2D eigenvalue weighted by Gasteiger charge is 2.41. The van der Waals surface area contributed by atoms with Crippen LogP contribution < -0.4 is 0 Å². The molecule has 4 atom stereocenters. The van der Waals surface area contributed by atoms with Gasteiger partial charge in [-0.15, -0.1) is 0 Å². The lowest BCUT2D eigenvalue weighted by Crippen LogP contribution is -2.48. The fourth-order valence-corrected chi connectivity index (χ4v) is 2.13. The Kier molecular flexibility index (Phi) is 3.51. The lowest BCUT2D eigenvalue weighted by atomic mass is 9.77. The summed E-state index contributed by atoms with van der Waals surface area (Å²) in [6, 6.07) is 0. The van der Waals surface area contributed by atoms with Crippen LogP contribution in [0.4, 0.5) is 8.78 Å². The first-order valence-corrected chi connectivity index (χ1v) is 5.21. The SMILES string of the molecule is CC1C(F)CC(CF)OC1C(C)(C)C. The summed E-state index contributed by atoms with van der Waals surface area (Å²) in [5, 5.41) is 0. The molecule has 0 aromatic carbocycles. The van der Waals surface area contributed by atoms with Crippen molar-refractivity contribution in [2.45, 2.75) is 52.5 Å². The molecule has 0 aromatic rings. The van der Waals surface area contributed by atoms with Gasteiger partial charge in [0.15, 0.2) is 0 Å². The Bertz CT molecular complexity index is 188. The molecule has 1 nitrogen and oxygen atoms in total. The minimum Gasteiger partial charge on any atom is -0.371 e. The molecule has 1 aliphatic heterocycles. The average Bonchev–Trinajstić information content (AvgIpc) is 2.07. The summed E-state index contributed by atoms with van der Waals surface area (Å²) < 4.78 is 31.6. The highest BCUT2D eigenvalue weighted by molar-refractivity contribution is 4.89. The molecule has 0 amide bonds. The second-order valence-corrected chi connectivity index (χ2v) is 5.31. The number of hydrogen-bond acceptors (Lipinski definition) is 1. The fraction of sp³-hybridized carbons (Fsp3) is 1.00. The Morgan fingerprint density at radius 3 is 2.36 bits per heavy atom. The van der Waals surface area contributed by atoms with E-state index in [9.17, 15) is 8.78 Å². The normalized spacial score (nSPS) is 39.9. The lowest BCUT2D eigenvalue weighted by molar-refractivity contribution is -0.155. The zero-order chi connectivity index (χ0) is 10.9. The van der Waals surface area contributed by atoms with Gasteiger partial charge in [-0.2, -0.15) is 0 Å². The van der Waals surface area contributed by atoms with Gasteiger partial charge in [0.05, 0.1) is 12.2 Å². The molecule has 1 heterocycles. The van der Waals surface area contributed by atoms with Gasteiger partial charge in [-0.3, -0.25) is 0 Å². The van der Waals surface area contributed by atoms with Crippen molar-refractivity contribution in [2.75, 3.05) is 6.67 Å². The van der Waals surface area contributed by atoms with E-state index in [1.165, 1.54) is 0 Å². The van der Waals surface area contributed by atoms with Crippen LogP contribution in [0.1, 0.15) is 34.1 Å². The predicted molar refractivity (Wildman–Crippen MR) is 52.8 cm³/mol. The maximum atomic E-state index is 13.5. The molecule has 0 N–H and O–H groups in total. The fourth-order valence-electron chi connectivity index (χ4n) is 2.13. The van der Waals surface area contributed by atoms with Crippen molar-refractivity contribution in [3.63, 3.8) is 0 Å². The van der Waals surface area contributed by atoms with Gasteiger partial charge in [-0.05, 0) is 5.41 Å². The van der Waals surface area contributed by atoms with Gasteiger partial charge in [-0.1, -0.05) is 27.7 Å². The summed E-state index contributed by atoms with van der Waals surface area (Å²) in [7, 11) is 0. The van der Waals surface area contributed by atoms with E-state index < -0.39 is 19.0 Å². The van der Waals surface area contributed by atoms with E-state index in [0.29, 0.717) is 0 Å². The summed E-state index contributed by atoms with van der Waals surface area (Å²) >= 11 is 0. The van der Waals surface area contributed by atoms with Gasteiger partial charge in [0.25, 0.3) is 0 Å². The van der Waals surface area contributed by atoms with Gasteiger partial charge in [-0.25, -0.2) is 8.78 Å². The number of alkyl halides is 2. The van der Waals surface area contributed by atoms with Gasteiger partial charge in [0, 0.05) is 12.3 Å². The first-order valence-electron chi connectivity index (χ1n) is 5.21. The largest absolute Gasteiger partial charge is 0.371 e. The smallest absolute Gasteiger partial charge is 0.116 e. The standard InChI is InChI=1S/C11H20F2O/c1-7-9(13)5-8(6-12)14-10(7)11(2,3)4/h7-10H,5-6H2,1-4H3. The minimum atomic E-state index is -0.936. The van der Waals surface area contributed by atoms with E-state index in [-0.39, 0.29) is 23.9 Å². The van der Waals surface area contributed by atoms with Crippen molar-refractivity contribution >= 4 is 0 Å². The van der Waals surface area contributed by atoms with E-state index >= 15 is 0 Å². The van der Waals surface area contributed by atoms with Crippen molar-refractivity contribution in [1.82, 2.24) is 0 Å². The van der Waals surface area contributed by atoms with Crippen molar-refractivity contribution in [1.29, 1.82) is 0 Å². The summed E-state index contributed by atoms with van der Waals surface area (Å²) in [4.78, 5) is 0. The van der Waals surface area contributed by atoms with E-state index in [2.05, 4.69) is 0 Å². The molecule has 14 heavy (non-hydrogen) atoms. The van der Waals surface area contributed by atoms with Gasteiger partial charge >= 0.3 is 0 Å². The van der Waals surface area contributed by atoms with Gasteiger partial charge in [0.2, 0.25) is 0 Å². The Morgan fingerprint density at radius 2 is 1.93 bits per heavy atom. The van der Waals surface area contributed by atoms with E-state index in [0.717, 1.165) is 0 Å². The first-order chi connectivity index (χ1) is 6.36. The molecule has 1 rings (SSSR count). The van der Waals surface area contributed by atoms with Crippen molar-refractivity contribution in [3.8, 4) is 0 Å². The quantitative estimate of drug-likeness (QED) is 0.640. The number of halogens is 2. The van der Waals surface area contributed by atoms with E-state index in [1.54, 1.807) is 0 Å². The minimum absolute atomic E-state index is 0.127. The van der Waals surface area contributed by atoms with Crippen molar-refractivity contribution in [3.05, 3.63) is 0 Å². The molecule has 4 unspecified atom stereocenters. The summed E-state index contributed by atoms with van der Waals surface area (Å²) in [5.41, 5.74) is -0.127. The third-order valence-electron chi connectivity index (χ3n) is 2.90. The first kappa shape index (κ1) is 11.9. The van der Waals surface area contributed by atoms with Crippen LogP contribution in [-0.2, 0) is 4.74 Å². The lowest BCUT2D eigenvalue weighted by Gasteiger charge is -2.43. The molecule has 0 bridgehead atoms. The monoisotopic (exact) mass is 206 g/mol. The van der Waals surface area contributed by atoms with Crippen LogP contribution in [0, 0.1) is 11.3 Å². The topological polar surface area (TPSA) is 9.23 Å². The molecule has 0 radical (unpaired) electrons. The van der Waals surface area contributed by atoms with E-state index in [1.807, 2.05) is 27.7 Å². The third-order valence-corrected chi connectivity index (χ3v) is 2.90.